The maximum atomic E-state index is 12.3. The van der Waals surface area contributed by atoms with Gasteiger partial charge in [0.2, 0.25) is 0 Å². The number of carbonyl (C=O) groups excluding carboxylic acids is 1. The molecule has 1 fully saturated rings. The normalized spacial score (nSPS) is 15.9. The van der Waals surface area contributed by atoms with Gasteiger partial charge in [-0.25, -0.2) is 4.68 Å². The number of rotatable bonds is 2. The number of nitrogens with zero attached hydrogens (tertiary/aromatic N) is 4. The topological polar surface area (TPSA) is 60.2 Å². The largest absolute Gasteiger partial charge is 0.378 e. The number of amides is 1. The predicted octanol–water partition coefficient (Wildman–Crippen LogP) is 0.924. The summed E-state index contributed by atoms with van der Waals surface area (Å²) < 4.78 is 7.07. The maximum absolute atomic E-state index is 12.3. The van der Waals surface area contributed by atoms with E-state index in [1.165, 1.54) is 0 Å². The van der Waals surface area contributed by atoms with E-state index in [-0.39, 0.29) is 5.91 Å². The molecular weight excluding hydrogens is 244 g/mol. The van der Waals surface area contributed by atoms with Crippen LogP contribution >= 0.6 is 0 Å². The molecule has 0 spiro atoms. The second-order valence-corrected chi connectivity index (χ2v) is 4.51. The molecule has 100 valence electrons. The van der Waals surface area contributed by atoms with Gasteiger partial charge in [-0.1, -0.05) is 5.21 Å². The van der Waals surface area contributed by atoms with Crippen LogP contribution in [-0.2, 0) is 11.3 Å². The standard InChI is InChI=1S/C13H16N4O2/c1-2-17-12-4-3-10(9-11(12)14-15-17)13(18)16-5-7-19-8-6-16/h3-4,9H,2,5-8H2,1H3. The Hall–Kier alpha value is -1.95. The molecule has 0 atom stereocenters. The molecule has 19 heavy (non-hydrogen) atoms. The lowest BCUT2D eigenvalue weighted by Gasteiger charge is -2.26. The first-order valence-corrected chi connectivity index (χ1v) is 6.50. The zero-order chi connectivity index (χ0) is 13.2. The number of hydrogen-bond acceptors (Lipinski definition) is 4. The Kier molecular flexibility index (Phi) is 3.16. The third-order valence-corrected chi connectivity index (χ3v) is 3.36. The molecule has 1 aliphatic heterocycles. The maximum Gasteiger partial charge on any atom is 0.254 e. The molecule has 0 radical (unpaired) electrons. The van der Waals surface area contributed by atoms with E-state index in [0.717, 1.165) is 17.6 Å². The van der Waals surface area contributed by atoms with Gasteiger partial charge < -0.3 is 9.64 Å². The molecule has 1 amide bonds. The summed E-state index contributed by atoms with van der Waals surface area (Å²) in [5, 5.41) is 8.14. The third kappa shape index (κ3) is 2.19. The highest BCUT2D eigenvalue weighted by Gasteiger charge is 2.19. The average molecular weight is 260 g/mol. The van der Waals surface area contributed by atoms with Gasteiger partial charge in [0.05, 0.1) is 18.7 Å². The summed E-state index contributed by atoms with van der Waals surface area (Å²) in [5.41, 5.74) is 2.39. The van der Waals surface area contributed by atoms with Gasteiger partial charge in [0.1, 0.15) is 5.52 Å². The summed E-state index contributed by atoms with van der Waals surface area (Å²) in [5.74, 6) is 0.0382. The zero-order valence-corrected chi connectivity index (χ0v) is 10.9. The SMILES string of the molecule is CCn1nnc2cc(C(=O)N3CCOCC3)ccc21. The number of aromatic nitrogens is 3. The fourth-order valence-electron chi connectivity index (χ4n) is 2.29. The predicted molar refractivity (Wildman–Crippen MR) is 69.9 cm³/mol. The molecule has 6 heteroatoms. The van der Waals surface area contributed by atoms with E-state index in [2.05, 4.69) is 10.3 Å². The van der Waals surface area contributed by atoms with Crippen molar-refractivity contribution in [1.29, 1.82) is 0 Å². The van der Waals surface area contributed by atoms with E-state index in [4.69, 9.17) is 4.74 Å². The summed E-state index contributed by atoms with van der Waals surface area (Å²) in [6, 6.07) is 5.56. The molecule has 0 aliphatic carbocycles. The van der Waals surface area contributed by atoms with E-state index < -0.39 is 0 Å². The Balaban J connectivity index is 1.90. The molecule has 3 rings (SSSR count). The highest BCUT2D eigenvalue weighted by Crippen LogP contribution is 2.15. The van der Waals surface area contributed by atoms with Crippen molar-refractivity contribution < 1.29 is 9.53 Å². The first kappa shape index (κ1) is 12.1. The summed E-state index contributed by atoms with van der Waals surface area (Å²) in [6.45, 7) is 5.31. The molecule has 6 nitrogen and oxygen atoms in total. The zero-order valence-electron chi connectivity index (χ0n) is 10.9. The minimum atomic E-state index is 0.0382. The lowest BCUT2D eigenvalue weighted by Crippen LogP contribution is -2.40. The van der Waals surface area contributed by atoms with Crippen LogP contribution in [0.15, 0.2) is 18.2 Å². The second-order valence-electron chi connectivity index (χ2n) is 4.51. The first-order valence-electron chi connectivity index (χ1n) is 6.50. The number of ether oxygens (including phenoxy) is 1. The van der Waals surface area contributed by atoms with Crippen LogP contribution in [0.3, 0.4) is 0 Å². The summed E-state index contributed by atoms with van der Waals surface area (Å²) >= 11 is 0. The number of benzene rings is 1. The van der Waals surface area contributed by atoms with Gasteiger partial charge in [0.15, 0.2) is 0 Å². The molecule has 1 aliphatic rings. The van der Waals surface area contributed by atoms with Gasteiger partial charge in [0, 0.05) is 25.2 Å². The van der Waals surface area contributed by atoms with E-state index in [1.807, 2.05) is 34.7 Å². The fraction of sp³-hybridized carbons (Fsp3) is 0.462. The molecule has 0 saturated carbocycles. The van der Waals surface area contributed by atoms with Crippen LogP contribution in [0.2, 0.25) is 0 Å². The van der Waals surface area contributed by atoms with Gasteiger partial charge in [-0.15, -0.1) is 5.10 Å². The lowest BCUT2D eigenvalue weighted by atomic mass is 10.1. The van der Waals surface area contributed by atoms with Gasteiger partial charge in [-0.2, -0.15) is 0 Å². The van der Waals surface area contributed by atoms with Crippen LogP contribution < -0.4 is 0 Å². The lowest BCUT2D eigenvalue weighted by molar-refractivity contribution is 0.0303. The summed E-state index contributed by atoms with van der Waals surface area (Å²) in [4.78, 5) is 14.1. The number of hydrogen-bond donors (Lipinski definition) is 0. The molecule has 0 unspecified atom stereocenters. The van der Waals surface area contributed by atoms with Gasteiger partial charge in [-0.3, -0.25) is 4.79 Å². The Morgan fingerprint density at radius 2 is 2.16 bits per heavy atom. The third-order valence-electron chi connectivity index (χ3n) is 3.36. The van der Waals surface area contributed by atoms with Gasteiger partial charge in [-0.05, 0) is 25.1 Å². The van der Waals surface area contributed by atoms with Gasteiger partial charge >= 0.3 is 0 Å². The number of aryl methyl sites for hydroxylation is 1. The number of fused-ring (bicyclic) bond motifs is 1. The van der Waals surface area contributed by atoms with Crippen molar-refractivity contribution >= 4 is 16.9 Å². The van der Waals surface area contributed by atoms with E-state index in [1.54, 1.807) is 0 Å². The van der Waals surface area contributed by atoms with Crippen molar-refractivity contribution in [3.05, 3.63) is 23.8 Å². The molecule has 0 bridgehead atoms. The van der Waals surface area contributed by atoms with E-state index in [9.17, 15) is 4.79 Å². The van der Waals surface area contributed by atoms with E-state index in [0.29, 0.717) is 31.9 Å². The highest BCUT2D eigenvalue weighted by molar-refractivity contribution is 5.97. The van der Waals surface area contributed by atoms with E-state index >= 15 is 0 Å². The summed E-state index contributed by atoms with van der Waals surface area (Å²) in [6.07, 6.45) is 0. The molecule has 1 saturated heterocycles. The minimum Gasteiger partial charge on any atom is -0.378 e. The van der Waals surface area contributed by atoms with Crippen LogP contribution in [0.25, 0.3) is 11.0 Å². The van der Waals surface area contributed by atoms with Crippen LogP contribution in [0.4, 0.5) is 0 Å². The Bertz CT molecular complexity index is 602. The van der Waals surface area contributed by atoms with Crippen LogP contribution in [0.5, 0.6) is 0 Å². The van der Waals surface area contributed by atoms with Crippen molar-refractivity contribution in [2.75, 3.05) is 26.3 Å². The Morgan fingerprint density at radius 1 is 1.37 bits per heavy atom. The molecule has 1 aromatic heterocycles. The van der Waals surface area contributed by atoms with Crippen LogP contribution in [0, 0.1) is 0 Å². The van der Waals surface area contributed by atoms with Crippen LogP contribution in [-0.4, -0.2) is 52.1 Å². The highest BCUT2D eigenvalue weighted by atomic mass is 16.5. The van der Waals surface area contributed by atoms with Gasteiger partial charge in [0.25, 0.3) is 5.91 Å². The number of morpholine rings is 1. The van der Waals surface area contributed by atoms with Crippen molar-refractivity contribution in [2.24, 2.45) is 0 Å². The first-order chi connectivity index (χ1) is 9.29. The average Bonchev–Trinajstić information content (AvgIpc) is 2.89. The van der Waals surface area contributed by atoms with Crippen molar-refractivity contribution in [3.8, 4) is 0 Å². The van der Waals surface area contributed by atoms with Crippen molar-refractivity contribution in [3.63, 3.8) is 0 Å². The Labute approximate surface area is 110 Å². The quantitative estimate of drug-likeness (QED) is 0.805. The molecule has 1 aromatic carbocycles. The molecule has 2 heterocycles. The smallest absolute Gasteiger partial charge is 0.254 e. The van der Waals surface area contributed by atoms with Crippen LogP contribution in [0.1, 0.15) is 17.3 Å². The number of carbonyl (C=O) groups is 1. The molecule has 0 N–H and O–H groups in total. The molecule has 2 aromatic rings. The summed E-state index contributed by atoms with van der Waals surface area (Å²) in [7, 11) is 0. The second kappa shape index (κ2) is 4.97. The van der Waals surface area contributed by atoms with Crippen molar-refractivity contribution in [2.45, 2.75) is 13.5 Å². The minimum absolute atomic E-state index is 0.0382. The molecular formula is C13H16N4O2. The monoisotopic (exact) mass is 260 g/mol. The van der Waals surface area contributed by atoms with Crippen molar-refractivity contribution in [1.82, 2.24) is 19.9 Å². The Morgan fingerprint density at radius 3 is 2.89 bits per heavy atom. The fourth-order valence-corrected chi connectivity index (χ4v) is 2.29.